The zero-order valence-electron chi connectivity index (χ0n) is 15.1. The van der Waals surface area contributed by atoms with E-state index in [2.05, 4.69) is 0 Å². The minimum Gasteiger partial charge on any atom is -0.450 e. The monoisotopic (exact) mass is 395 g/mol. The lowest BCUT2D eigenvalue weighted by Gasteiger charge is -2.27. The van der Waals surface area contributed by atoms with Crippen LogP contribution in [0.25, 0.3) is 11.0 Å². The molecule has 5 rings (SSSR count). The minimum absolute atomic E-state index is 0.0300. The lowest BCUT2D eigenvalue weighted by Crippen LogP contribution is -2.36. The van der Waals surface area contributed by atoms with Gasteiger partial charge in [0.05, 0.1) is 23.1 Å². The zero-order chi connectivity index (χ0) is 19.3. The first-order chi connectivity index (χ1) is 13.6. The third kappa shape index (κ3) is 2.74. The van der Waals surface area contributed by atoms with Crippen molar-refractivity contribution in [2.45, 2.75) is 25.0 Å². The molecule has 0 unspecified atom stereocenters. The molecule has 0 aliphatic carbocycles. The van der Waals surface area contributed by atoms with Gasteiger partial charge in [-0.15, -0.1) is 0 Å². The number of benzene rings is 2. The van der Waals surface area contributed by atoms with E-state index in [4.69, 9.17) is 20.8 Å². The molecule has 0 N–H and O–H groups in total. The van der Waals surface area contributed by atoms with Crippen LogP contribution < -0.4 is 5.43 Å². The maximum absolute atomic E-state index is 13.3. The molecule has 28 heavy (non-hydrogen) atoms. The summed E-state index contributed by atoms with van der Waals surface area (Å²) >= 11 is 6.05. The molecular formula is C22H18ClNO4. The Morgan fingerprint density at radius 1 is 1.07 bits per heavy atom. The summed E-state index contributed by atoms with van der Waals surface area (Å²) < 4.78 is 11.7. The van der Waals surface area contributed by atoms with Crippen LogP contribution >= 0.6 is 11.6 Å². The van der Waals surface area contributed by atoms with Crippen molar-refractivity contribution in [2.75, 3.05) is 13.2 Å². The first-order valence-electron chi connectivity index (χ1n) is 9.37. The fourth-order valence-corrected chi connectivity index (χ4v) is 4.28. The highest BCUT2D eigenvalue weighted by Gasteiger charge is 2.43. The van der Waals surface area contributed by atoms with Crippen molar-refractivity contribution in [1.82, 2.24) is 4.90 Å². The molecular weight excluding hydrogens is 378 g/mol. The van der Waals surface area contributed by atoms with Gasteiger partial charge in [0.1, 0.15) is 5.58 Å². The van der Waals surface area contributed by atoms with Crippen LogP contribution in [0.2, 0.25) is 5.02 Å². The predicted octanol–water partition coefficient (Wildman–Crippen LogP) is 4.17. The lowest BCUT2D eigenvalue weighted by molar-refractivity contribution is 0.0486. The summed E-state index contributed by atoms with van der Waals surface area (Å²) in [6, 6.07) is 13.8. The molecule has 1 aromatic heterocycles. The van der Waals surface area contributed by atoms with Crippen molar-refractivity contribution < 1.29 is 13.9 Å². The SMILES string of the molecule is O=C1c2oc3ccccc3c(=O)c2[C@H](c2ccc(Cl)cc2)N1C[C@@H]1CCCO1. The van der Waals surface area contributed by atoms with E-state index < -0.39 is 6.04 Å². The lowest BCUT2D eigenvalue weighted by atomic mass is 9.98. The standard InChI is InChI=1S/C22H18ClNO4/c23-14-9-7-13(8-10-14)19-18-20(25)16-5-1-2-6-17(16)28-21(18)22(26)24(19)12-15-4-3-11-27-15/h1-2,5-10,15,19H,3-4,11-12H2/t15-,19-/m0/s1. The van der Waals surface area contributed by atoms with E-state index in [0.29, 0.717) is 34.7 Å². The van der Waals surface area contributed by atoms with Crippen molar-refractivity contribution in [3.05, 3.63) is 80.7 Å². The van der Waals surface area contributed by atoms with E-state index in [1.165, 1.54) is 0 Å². The normalized spacial score (nSPS) is 21.5. The smallest absolute Gasteiger partial charge is 0.291 e. The molecule has 1 fully saturated rings. The maximum atomic E-state index is 13.3. The third-order valence-electron chi connectivity index (χ3n) is 5.48. The molecule has 142 valence electrons. The van der Waals surface area contributed by atoms with Gasteiger partial charge < -0.3 is 14.1 Å². The average molecular weight is 396 g/mol. The molecule has 2 aliphatic rings. The Morgan fingerprint density at radius 3 is 2.61 bits per heavy atom. The molecule has 3 heterocycles. The van der Waals surface area contributed by atoms with Crippen LogP contribution in [0.15, 0.2) is 57.7 Å². The summed E-state index contributed by atoms with van der Waals surface area (Å²) in [6.07, 6.45) is 1.85. The first-order valence-corrected chi connectivity index (χ1v) is 9.75. The van der Waals surface area contributed by atoms with Crippen LogP contribution in [0.5, 0.6) is 0 Å². The molecule has 2 atom stereocenters. The number of ether oxygens (including phenoxy) is 1. The highest BCUT2D eigenvalue weighted by atomic mass is 35.5. The number of carbonyl (C=O) groups excluding carboxylic acids is 1. The van der Waals surface area contributed by atoms with E-state index >= 15 is 0 Å². The Labute approximate surface area is 166 Å². The van der Waals surface area contributed by atoms with E-state index in [-0.39, 0.29) is 23.2 Å². The van der Waals surface area contributed by atoms with Crippen molar-refractivity contribution in [3.8, 4) is 0 Å². The van der Waals surface area contributed by atoms with Gasteiger partial charge in [-0.2, -0.15) is 0 Å². The molecule has 3 aromatic rings. The number of carbonyl (C=O) groups is 1. The van der Waals surface area contributed by atoms with E-state index in [1.54, 1.807) is 41.3 Å². The fourth-order valence-electron chi connectivity index (χ4n) is 4.15. The number of nitrogens with zero attached hydrogens (tertiary/aromatic N) is 1. The van der Waals surface area contributed by atoms with E-state index in [1.807, 2.05) is 12.1 Å². The van der Waals surface area contributed by atoms with Gasteiger partial charge in [0.15, 0.2) is 5.43 Å². The number of amides is 1. The average Bonchev–Trinajstić information content (AvgIpc) is 3.31. The molecule has 5 nitrogen and oxygen atoms in total. The van der Waals surface area contributed by atoms with Crippen molar-refractivity contribution in [3.63, 3.8) is 0 Å². The summed E-state index contributed by atoms with van der Waals surface area (Å²) in [5, 5.41) is 1.08. The minimum atomic E-state index is -0.509. The van der Waals surface area contributed by atoms with Crippen LogP contribution in [0, 0.1) is 0 Å². The summed E-state index contributed by atoms with van der Waals surface area (Å²) in [7, 11) is 0. The van der Waals surface area contributed by atoms with Crippen molar-refractivity contribution in [1.29, 1.82) is 0 Å². The summed E-state index contributed by atoms with van der Waals surface area (Å²) in [5.74, 6) is -0.144. The highest BCUT2D eigenvalue weighted by molar-refractivity contribution is 6.30. The van der Waals surface area contributed by atoms with Gasteiger partial charge in [-0.1, -0.05) is 35.9 Å². The number of fused-ring (bicyclic) bond motifs is 2. The molecule has 1 saturated heterocycles. The fraction of sp³-hybridized carbons (Fsp3) is 0.273. The molecule has 0 radical (unpaired) electrons. The maximum Gasteiger partial charge on any atom is 0.291 e. The quantitative estimate of drug-likeness (QED) is 0.667. The third-order valence-corrected chi connectivity index (χ3v) is 5.74. The van der Waals surface area contributed by atoms with Gasteiger partial charge in [-0.25, -0.2) is 0 Å². The van der Waals surface area contributed by atoms with Crippen LogP contribution in [0.4, 0.5) is 0 Å². The van der Waals surface area contributed by atoms with Gasteiger partial charge in [0.25, 0.3) is 5.91 Å². The van der Waals surface area contributed by atoms with E-state index in [0.717, 1.165) is 18.4 Å². The van der Waals surface area contributed by atoms with Gasteiger partial charge in [0, 0.05) is 18.2 Å². The molecule has 1 amide bonds. The van der Waals surface area contributed by atoms with Crippen LogP contribution in [0.1, 0.15) is 40.6 Å². The van der Waals surface area contributed by atoms with Gasteiger partial charge >= 0.3 is 0 Å². The topological polar surface area (TPSA) is 59.8 Å². The van der Waals surface area contributed by atoms with Crippen LogP contribution in [0.3, 0.4) is 0 Å². The van der Waals surface area contributed by atoms with Crippen LogP contribution in [-0.4, -0.2) is 30.1 Å². The summed E-state index contributed by atoms with van der Waals surface area (Å²) in [6.45, 7) is 1.12. The number of rotatable bonds is 3. The molecule has 0 saturated carbocycles. The van der Waals surface area contributed by atoms with Crippen LogP contribution in [-0.2, 0) is 4.74 Å². The number of hydrogen-bond donors (Lipinski definition) is 0. The van der Waals surface area contributed by atoms with Gasteiger partial charge in [0.2, 0.25) is 5.76 Å². The molecule has 2 aromatic carbocycles. The van der Waals surface area contributed by atoms with Gasteiger partial charge in [-0.3, -0.25) is 9.59 Å². The molecule has 0 bridgehead atoms. The van der Waals surface area contributed by atoms with Crippen molar-refractivity contribution in [2.24, 2.45) is 0 Å². The predicted molar refractivity (Wildman–Crippen MR) is 106 cm³/mol. The van der Waals surface area contributed by atoms with Gasteiger partial charge in [-0.05, 0) is 42.7 Å². The Bertz CT molecular complexity index is 1120. The molecule has 0 spiro atoms. The number of hydrogen-bond acceptors (Lipinski definition) is 4. The second-order valence-electron chi connectivity index (χ2n) is 7.22. The zero-order valence-corrected chi connectivity index (χ0v) is 15.8. The Balaban J connectivity index is 1.70. The van der Waals surface area contributed by atoms with Crippen molar-refractivity contribution >= 4 is 28.5 Å². The largest absolute Gasteiger partial charge is 0.450 e. The Hall–Kier alpha value is -2.63. The highest BCUT2D eigenvalue weighted by Crippen LogP contribution is 2.39. The summed E-state index contributed by atoms with van der Waals surface area (Å²) in [5.41, 5.74) is 1.48. The Kier molecular flexibility index (Phi) is 4.22. The molecule has 6 heteroatoms. The second kappa shape index (κ2) is 6.76. The molecule has 2 aliphatic heterocycles. The number of para-hydroxylation sites is 1. The van der Waals surface area contributed by atoms with E-state index in [9.17, 15) is 9.59 Å². The summed E-state index contributed by atoms with van der Waals surface area (Å²) in [4.78, 5) is 28.2. The second-order valence-corrected chi connectivity index (χ2v) is 7.65. The Morgan fingerprint density at radius 2 is 1.86 bits per heavy atom. The first kappa shape index (κ1) is 17.5. The number of halogens is 1.